The lowest BCUT2D eigenvalue weighted by molar-refractivity contribution is -0.128. The van der Waals surface area contributed by atoms with Gasteiger partial charge in [0, 0.05) is 24.9 Å². The number of hydrogen-bond acceptors (Lipinski definition) is 3. The average molecular weight is 383 g/mol. The molecule has 0 saturated carbocycles. The minimum absolute atomic E-state index is 0.0544. The highest BCUT2D eigenvalue weighted by atomic mass is 16.5. The number of carbonyl (C=O) groups excluding carboxylic acids is 2. The SMILES string of the molecule is CC(C)(C)C(=O)NCCC(=O)NCc1ccccc1COCc1ccccc1. The standard InChI is InChI=1S/C23H30N2O3/c1-23(2,3)22(27)24-14-13-21(26)25-15-19-11-7-8-12-20(19)17-28-16-18-9-5-4-6-10-18/h4-12H,13-17H2,1-3H3,(H,24,27)(H,25,26). The molecule has 0 aromatic heterocycles. The molecule has 5 heteroatoms. The second-order valence-corrected chi connectivity index (χ2v) is 7.78. The maximum Gasteiger partial charge on any atom is 0.225 e. The van der Waals surface area contributed by atoms with E-state index in [1.165, 1.54) is 0 Å². The fourth-order valence-electron chi connectivity index (χ4n) is 2.56. The Morgan fingerprint density at radius 3 is 2.18 bits per heavy atom. The Labute approximate surface area is 167 Å². The molecule has 0 aliphatic carbocycles. The summed E-state index contributed by atoms with van der Waals surface area (Å²) in [6.45, 7) is 7.36. The average Bonchev–Trinajstić information content (AvgIpc) is 2.67. The van der Waals surface area contributed by atoms with Crippen molar-refractivity contribution in [3.63, 3.8) is 0 Å². The lowest BCUT2D eigenvalue weighted by Crippen LogP contribution is -2.37. The molecule has 150 valence electrons. The highest BCUT2D eigenvalue weighted by Gasteiger charge is 2.20. The van der Waals surface area contributed by atoms with E-state index in [0.29, 0.717) is 26.3 Å². The van der Waals surface area contributed by atoms with Crippen LogP contribution in [0, 0.1) is 5.41 Å². The van der Waals surface area contributed by atoms with Crippen LogP contribution in [-0.4, -0.2) is 18.4 Å². The summed E-state index contributed by atoms with van der Waals surface area (Å²) in [5, 5.41) is 5.70. The monoisotopic (exact) mass is 382 g/mol. The summed E-state index contributed by atoms with van der Waals surface area (Å²) in [6.07, 6.45) is 0.258. The van der Waals surface area contributed by atoms with Crippen LogP contribution >= 0.6 is 0 Å². The molecule has 0 unspecified atom stereocenters. The molecular weight excluding hydrogens is 352 g/mol. The van der Waals surface area contributed by atoms with Crippen molar-refractivity contribution in [3.05, 3.63) is 71.3 Å². The third kappa shape index (κ3) is 7.53. The molecule has 2 amide bonds. The summed E-state index contributed by atoms with van der Waals surface area (Å²) in [5.41, 5.74) is 2.77. The Balaban J connectivity index is 1.76. The van der Waals surface area contributed by atoms with Crippen LogP contribution in [0.3, 0.4) is 0 Å². The van der Waals surface area contributed by atoms with E-state index in [1.807, 2.05) is 75.4 Å². The highest BCUT2D eigenvalue weighted by Crippen LogP contribution is 2.13. The van der Waals surface area contributed by atoms with E-state index in [-0.39, 0.29) is 18.2 Å². The van der Waals surface area contributed by atoms with Gasteiger partial charge >= 0.3 is 0 Å². The zero-order valence-electron chi connectivity index (χ0n) is 17.0. The maximum absolute atomic E-state index is 12.1. The quantitative estimate of drug-likeness (QED) is 0.697. The van der Waals surface area contributed by atoms with Crippen molar-refractivity contribution in [2.24, 2.45) is 5.41 Å². The van der Waals surface area contributed by atoms with E-state index < -0.39 is 5.41 Å². The number of amides is 2. The zero-order chi connectivity index (χ0) is 20.4. The molecule has 0 atom stereocenters. The first-order valence-electron chi connectivity index (χ1n) is 9.59. The van der Waals surface area contributed by atoms with Crippen molar-refractivity contribution in [1.82, 2.24) is 10.6 Å². The van der Waals surface area contributed by atoms with Crippen LogP contribution in [0.1, 0.15) is 43.9 Å². The van der Waals surface area contributed by atoms with E-state index in [4.69, 9.17) is 4.74 Å². The first-order valence-corrected chi connectivity index (χ1v) is 9.59. The van der Waals surface area contributed by atoms with Crippen LogP contribution in [0.4, 0.5) is 0 Å². The van der Waals surface area contributed by atoms with Gasteiger partial charge in [0.15, 0.2) is 0 Å². The lowest BCUT2D eigenvalue weighted by Gasteiger charge is -2.17. The highest BCUT2D eigenvalue weighted by molar-refractivity contribution is 5.82. The Bertz CT molecular complexity index is 767. The number of ether oxygens (including phenoxy) is 1. The third-order valence-corrected chi connectivity index (χ3v) is 4.28. The number of benzene rings is 2. The van der Waals surface area contributed by atoms with Crippen molar-refractivity contribution in [3.8, 4) is 0 Å². The predicted molar refractivity (Wildman–Crippen MR) is 110 cm³/mol. The maximum atomic E-state index is 12.1. The molecule has 5 nitrogen and oxygen atoms in total. The van der Waals surface area contributed by atoms with E-state index >= 15 is 0 Å². The zero-order valence-corrected chi connectivity index (χ0v) is 17.0. The van der Waals surface area contributed by atoms with Gasteiger partial charge in [-0.2, -0.15) is 0 Å². The van der Waals surface area contributed by atoms with Crippen LogP contribution in [0.15, 0.2) is 54.6 Å². The molecule has 0 radical (unpaired) electrons. The topological polar surface area (TPSA) is 67.4 Å². The first kappa shape index (κ1) is 21.6. The third-order valence-electron chi connectivity index (χ3n) is 4.28. The summed E-state index contributed by atoms with van der Waals surface area (Å²) < 4.78 is 5.82. The smallest absolute Gasteiger partial charge is 0.225 e. The molecule has 2 rings (SSSR count). The van der Waals surface area contributed by atoms with Gasteiger partial charge in [0.1, 0.15) is 0 Å². The molecule has 0 spiro atoms. The van der Waals surface area contributed by atoms with E-state index in [0.717, 1.165) is 16.7 Å². The molecule has 0 bridgehead atoms. The van der Waals surface area contributed by atoms with Gasteiger partial charge in [-0.15, -0.1) is 0 Å². The Morgan fingerprint density at radius 2 is 1.50 bits per heavy atom. The number of carbonyl (C=O) groups is 2. The van der Waals surface area contributed by atoms with Crippen LogP contribution in [-0.2, 0) is 34.1 Å². The summed E-state index contributed by atoms with van der Waals surface area (Å²) in [4.78, 5) is 23.9. The number of hydrogen-bond donors (Lipinski definition) is 2. The fourth-order valence-corrected chi connectivity index (χ4v) is 2.56. The van der Waals surface area contributed by atoms with Crippen molar-refractivity contribution in [2.45, 2.75) is 47.0 Å². The molecule has 0 saturated heterocycles. The molecule has 2 aromatic carbocycles. The Kier molecular flexibility index (Phi) is 8.20. The van der Waals surface area contributed by atoms with Crippen LogP contribution in [0.2, 0.25) is 0 Å². The lowest BCUT2D eigenvalue weighted by atomic mass is 9.96. The molecule has 0 fully saturated rings. The van der Waals surface area contributed by atoms with Crippen LogP contribution < -0.4 is 10.6 Å². The molecule has 2 N–H and O–H groups in total. The van der Waals surface area contributed by atoms with Crippen molar-refractivity contribution < 1.29 is 14.3 Å². The minimum atomic E-state index is -0.449. The van der Waals surface area contributed by atoms with Crippen LogP contribution in [0.5, 0.6) is 0 Å². The van der Waals surface area contributed by atoms with Gasteiger partial charge < -0.3 is 15.4 Å². The summed E-state index contributed by atoms with van der Waals surface area (Å²) in [5.74, 6) is -0.143. The predicted octanol–water partition coefficient (Wildman–Crippen LogP) is 3.57. The van der Waals surface area contributed by atoms with Gasteiger partial charge in [0.2, 0.25) is 11.8 Å². The van der Waals surface area contributed by atoms with Gasteiger partial charge in [0.05, 0.1) is 13.2 Å². The van der Waals surface area contributed by atoms with Crippen LogP contribution in [0.25, 0.3) is 0 Å². The van der Waals surface area contributed by atoms with Gasteiger partial charge in [-0.1, -0.05) is 75.4 Å². The molecular formula is C23H30N2O3. The summed E-state index contributed by atoms with van der Waals surface area (Å²) >= 11 is 0. The van der Waals surface area contributed by atoms with E-state index in [9.17, 15) is 9.59 Å². The van der Waals surface area contributed by atoms with Gasteiger partial charge in [-0.3, -0.25) is 9.59 Å². The van der Waals surface area contributed by atoms with E-state index in [1.54, 1.807) is 0 Å². The fraction of sp³-hybridized carbons (Fsp3) is 0.391. The van der Waals surface area contributed by atoms with Gasteiger partial charge in [-0.25, -0.2) is 0 Å². The second kappa shape index (κ2) is 10.6. The Morgan fingerprint density at radius 1 is 0.857 bits per heavy atom. The van der Waals surface area contributed by atoms with Crippen molar-refractivity contribution in [1.29, 1.82) is 0 Å². The number of nitrogens with one attached hydrogen (secondary N) is 2. The molecule has 0 aliphatic heterocycles. The first-order chi connectivity index (χ1) is 13.4. The molecule has 0 heterocycles. The van der Waals surface area contributed by atoms with E-state index in [2.05, 4.69) is 10.6 Å². The van der Waals surface area contributed by atoms with Crippen molar-refractivity contribution in [2.75, 3.05) is 6.54 Å². The van der Waals surface area contributed by atoms with Crippen molar-refractivity contribution >= 4 is 11.8 Å². The molecule has 28 heavy (non-hydrogen) atoms. The van der Waals surface area contributed by atoms with Gasteiger partial charge in [0.25, 0.3) is 0 Å². The normalized spacial score (nSPS) is 11.1. The minimum Gasteiger partial charge on any atom is -0.372 e. The summed E-state index contributed by atoms with van der Waals surface area (Å²) in [7, 11) is 0. The summed E-state index contributed by atoms with van der Waals surface area (Å²) in [6, 6.07) is 17.9. The second-order valence-electron chi connectivity index (χ2n) is 7.78. The number of rotatable bonds is 9. The molecule has 2 aromatic rings. The molecule has 0 aliphatic rings. The largest absolute Gasteiger partial charge is 0.372 e. The Hall–Kier alpha value is -2.66. The van der Waals surface area contributed by atoms with Gasteiger partial charge in [-0.05, 0) is 16.7 Å².